The van der Waals surface area contributed by atoms with E-state index in [4.69, 9.17) is 0 Å². The Labute approximate surface area is 148 Å². The van der Waals surface area contributed by atoms with Crippen molar-refractivity contribution in [2.24, 2.45) is 0 Å². The maximum Gasteiger partial charge on any atom is 0.451 e. The van der Waals surface area contributed by atoms with Gasteiger partial charge in [-0.3, -0.25) is 4.79 Å². The summed E-state index contributed by atoms with van der Waals surface area (Å²) in [6.07, 6.45) is -4.63. The second-order valence-electron chi connectivity index (χ2n) is 5.87. The average molecular weight is 393 g/mol. The third-order valence-corrected chi connectivity index (χ3v) is 4.04. The highest BCUT2D eigenvalue weighted by atomic mass is 19.4. The molecule has 3 rings (SSSR count). The van der Waals surface area contributed by atoms with Crippen LogP contribution in [0.4, 0.5) is 26.3 Å². The summed E-state index contributed by atoms with van der Waals surface area (Å²) in [6.45, 7) is -0.728. The van der Waals surface area contributed by atoms with E-state index in [1.807, 2.05) is 0 Å². The number of nitrogens with zero attached hydrogens (tertiary/aromatic N) is 4. The summed E-state index contributed by atoms with van der Waals surface area (Å²) in [5, 5.41) is 9.18. The SMILES string of the molecule is O=C(CNCc1cc(F)c(F)cc1F)N1CCn2c(nnc2C(F)(F)F)C1. The van der Waals surface area contributed by atoms with Crippen molar-refractivity contribution in [2.75, 3.05) is 13.1 Å². The van der Waals surface area contributed by atoms with Crippen LogP contribution in [0.25, 0.3) is 0 Å². The molecule has 0 saturated carbocycles. The highest BCUT2D eigenvalue weighted by Crippen LogP contribution is 2.29. The predicted molar refractivity (Wildman–Crippen MR) is 78.5 cm³/mol. The van der Waals surface area contributed by atoms with E-state index < -0.39 is 35.4 Å². The number of amides is 1. The molecule has 146 valence electrons. The van der Waals surface area contributed by atoms with Crippen molar-refractivity contribution in [3.63, 3.8) is 0 Å². The number of halogens is 6. The predicted octanol–water partition coefficient (Wildman–Crippen LogP) is 1.85. The topological polar surface area (TPSA) is 63.1 Å². The van der Waals surface area contributed by atoms with Gasteiger partial charge in [0.15, 0.2) is 17.5 Å². The lowest BCUT2D eigenvalue weighted by Crippen LogP contribution is -2.43. The Balaban J connectivity index is 1.57. The summed E-state index contributed by atoms with van der Waals surface area (Å²) in [6, 6.07) is 1.09. The van der Waals surface area contributed by atoms with Crippen LogP contribution in [0, 0.1) is 17.5 Å². The summed E-state index contributed by atoms with van der Waals surface area (Å²) >= 11 is 0. The van der Waals surface area contributed by atoms with E-state index in [9.17, 15) is 31.1 Å². The first kappa shape index (κ1) is 19.1. The molecule has 0 aliphatic carbocycles. The van der Waals surface area contributed by atoms with Gasteiger partial charge in [-0.25, -0.2) is 13.2 Å². The quantitative estimate of drug-likeness (QED) is 0.636. The van der Waals surface area contributed by atoms with E-state index >= 15 is 0 Å². The lowest BCUT2D eigenvalue weighted by molar-refractivity contribution is -0.148. The highest BCUT2D eigenvalue weighted by Gasteiger charge is 2.39. The Bertz CT molecular complexity index is 865. The van der Waals surface area contributed by atoms with Crippen LogP contribution in [-0.4, -0.2) is 38.7 Å². The van der Waals surface area contributed by atoms with E-state index in [0.29, 0.717) is 12.1 Å². The molecule has 0 radical (unpaired) electrons. The normalized spacial score (nSPS) is 14.4. The molecule has 1 aliphatic rings. The lowest BCUT2D eigenvalue weighted by Gasteiger charge is -2.28. The fourth-order valence-corrected chi connectivity index (χ4v) is 2.70. The number of aromatic nitrogens is 3. The van der Waals surface area contributed by atoms with E-state index in [0.717, 1.165) is 4.57 Å². The highest BCUT2D eigenvalue weighted by molar-refractivity contribution is 5.78. The molecule has 2 heterocycles. The van der Waals surface area contributed by atoms with Crippen molar-refractivity contribution < 1.29 is 31.1 Å². The molecule has 1 N–H and O–H groups in total. The van der Waals surface area contributed by atoms with Gasteiger partial charge in [0.1, 0.15) is 5.82 Å². The lowest BCUT2D eigenvalue weighted by atomic mass is 10.2. The Hall–Kier alpha value is -2.63. The second kappa shape index (κ2) is 7.18. The first-order valence-corrected chi connectivity index (χ1v) is 7.78. The largest absolute Gasteiger partial charge is 0.451 e. The maximum absolute atomic E-state index is 13.5. The molecule has 27 heavy (non-hydrogen) atoms. The van der Waals surface area contributed by atoms with E-state index in [1.54, 1.807) is 0 Å². The zero-order valence-electron chi connectivity index (χ0n) is 13.7. The Morgan fingerprint density at radius 1 is 1.07 bits per heavy atom. The first-order chi connectivity index (χ1) is 12.7. The fourth-order valence-electron chi connectivity index (χ4n) is 2.70. The van der Waals surface area contributed by atoms with Crippen LogP contribution in [0.5, 0.6) is 0 Å². The Morgan fingerprint density at radius 3 is 2.48 bits per heavy atom. The molecule has 0 bridgehead atoms. The van der Waals surface area contributed by atoms with Crippen molar-refractivity contribution in [3.05, 3.63) is 46.8 Å². The van der Waals surface area contributed by atoms with Gasteiger partial charge in [-0.1, -0.05) is 0 Å². The summed E-state index contributed by atoms with van der Waals surface area (Å²) in [4.78, 5) is 13.4. The van der Waals surface area contributed by atoms with Gasteiger partial charge in [-0.2, -0.15) is 13.2 Å². The summed E-state index contributed by atoms with van der Waals surface area (Å²) in [5.74, 6) is -5.05. The molecular formula is C15H13F6N5O. The molecule has 1 aliphatic heterocycles. The van der Waals surface area contributed by atoms with Crippen molar-refractivity contribution in [1.82, 2.24) is 25.0 Å². The monoisotopic (exact) mass is 393 g/mol. The number of carbonyl (C=O) groups excluding carboxylic acids is 1. The minimum atomic E-state index is -4.63. The molecule has 0 spiro atoms. The van der Waals surface area contributed by atoms with Gasteiger partial charge in [-0.05, 0) is 6.07 Å². The molecule has 1 aromatic heterocycles. The second-order valence-corrected chi connectivity index (χ2v) is 5.87. The number of hydrogen-bond donors (Lipinski definition) is 1. The molecular weight excluding hydrogens is 380 g/mol. The summed E-state index contributed by atoms with van der Waals surface area (Å²) < 4.78 is 78.8. The van der Waals surface area contributed by atoms with Crippen LogP contribution in [0.15, 0.2) is 12.1 Å². The molecule has 12 heteroatoms. The van der Waals surface area contributed by atoms with Gasteiger partial charge < -0.3 is 14.8 Å². The van der Waals surface area contributed by atoms with Crippen LogP contribution in [0.1, 0.15) is 17.2 Å². The first-order valence-electron chi connectivity index (χ1n) is 7.78. The number of carbonyl (C=O) groups is 1. The molecule has 0 atom stereocenters. The van der Waals surface area contributed by atoms with Crippen LogP contribution in [0.2, 0.25) is 0 Å². The van der Waals surface area contributed by atoms with E-state index in [1.165, 1.54) is 4.90 Å². The van der Waals surface area contributed by atoms with Gasteiger partial charge in [0, 0.05) is 31.3 Å². The molecule has 0 unspecified atom stereocenters. The van der Waals surface area contributed by atoms with Gasteiger partial charge in [0.2, 0.25) is 11.7 Å². The van der Waals surface area contributed by atoms with Gasteiger partial charge in [-0.15, -0.1) is 10.2 Å². The average Bonchev–Trinajstić information content (AvgIpc) is 3.02. The summed E-state index contributed by atoms with van der Waals surface area (Å²) in [5.41, 5.74) is -0.157. The van der Waals surface area contributed by atoms with Gasteiger partial charge in [0.05, 0.1) is 13.1 Å². The number of hydrogen-bond acceptors (Lipinski definition) is 4. The van der Waals surface area contributed by atoms with Crippen molar-refractivity contribution in [2.45, 2.75) is 25.8 Å². The van der Waals surface area contributed by atoms with Crippen molar-refractivity contribution in [3.8, 4) is 0 Å². The zero-order chi connectivity index (χ0) is 19.8. The number of alkyl halides is 3. The molecule has 2 aromatic rings. The fraction of sp³-hybridized carbons (Fsp3) is 0.400. The smallest absolute Gasteiger partial charge is 0.332 e. The van der Waals surface area contributed by atoms with Gasteiger partial charge >= 0.3 is 6.18 Å². The standard InChI is InChI=1S/C15H13F6N5O/c16-9-4-11(18)10(17)3-8(9)5-22-6-13(27)25-1-2-26-12(7-25)23-24-14(26)15(19,20)21/h3-4,22H,1-2,5-7H2. The number of nitrogens with one attached hydrogen (secondary N) is 1. The molecule has 0 saturated heterocycles. The molecule has 6 nitrogen and oxygen atoms in total. The molecule has 1 aromatic carbocycles. The van der Waals surface area contributed by atoms with Crippen molar-refractivity contribution in [1.29, 1.82) is 0 Å². The number of rotatable bonds is 4. The van der Waals surface area contributed by atoms with Gasteiger partial charge in [0.25, 0.3) is 0 Å². The maximum atomic E-state index is 13.5. The molecule has 0 fully saturated rings. The van der Waals surface area contributed by atoms with Crippen LogP contribution in [0.3, 0.4) is 0 Å². The van der Waals surface area contributed by atoms with Crippen LogP contribution >= 0.6 is 0 Å². The Kier molecular flexibility index (Phi) is 5.09. The van der Waals surface area contributed by atoms with E-state index in [2.05, 4.69) is 15.5 Å². The third kappa shape index (κ3) is 4.04. The Morgan fingerprint density at radius 2 is 1.78 bits per heavy atom. The number of benzene rings is 1. The minimum Gasteiger partial charge on any atom is -0.332 e. The third-order valence-electron chi connectivity index (χ3n) is 4.04. The zero-order valence-corrected chi connectivity index (χ0v) is 13.7. The van der Waals surface area contributed by atoms with E-state index in [-0.39, 0.29) is 44.1 Å². The van der Waals surface area contributed by atoms with Crippen LogP contribution < -0.4 is 5.32 Å². The van der Waals surface area contributed by atoms with Crippen molar-refractivity contribution >= 4 is 5.91 Å². The molecule has 1 amide bonds. The summed E-state index contributed by atoms with van der Waals surface area (Å²) in [7, 11) is 0. The van der Waals surface area contributed by atoms with Crippen LogP contribution in [-0.2, 0) is 30.6 Å². The minimum absolute atomic E-state index is 0.00794. The number of fused-ring (bicyclic) bond motifs is 1.